The smallest absolute Gasteiger partial charge is 0.313 e. The molecule has 20 heavy (non-hydrogen) atoms. The average Bonchev–Trinajstić information content (AvgIpc) is 2.94. The summed E-state index contributed by atoms with van der Waals surface area (Å²) < 4.78 is 2.14. The summed E-state index contributed by atoms with van der Waals surface area (Å²) in [6.07, 6.45) is 5.03. The Bertz CT molecular complexity index is 479. The Balaban J connectivity index is 2.22. The third-order valence-electron chi connectivity index (χ3n) is 3.94. The number of rotatable bonds is 6. The minimum absolute atomic E-state index is 0.0347. The van der Waals surface area contributed by atoms with Crippen LogP contribution in [0.1, 0.15) is 58.2 Å². The highest BCUT2D eigenvalue weighted by Gasteiger charge is 2.31. The number of thioether (sulfide) groups is 1. The molecule has 0 atom stereocenters. The molecule has 112 valence electrons. The third-order valence-corrected chi connectivity index (χ3v) is 4.89. The van der Waals surface area contributed by atoms with E-state index in [9.17, 15) is 4.79 Å². The highest BCUT2D eigenvalue weighted by molar-refractivity contribution is 7.99. The van der Waals surface area contributed by atoms with E-state index in [0.717, 1.165) is 17.5 Å². The molecular weight excluding hydrogens is 274 g/mol. The maximum atomic E-state index is 10.8. The van der Waals surface area contributed by atoms with Gasteiger partial charge in [-0.05, 0) is 18.3 Å². The second-order valence-electron chi connectivity index (χ2n) is 6.28. The standard InChI is InChI=1S/C14H23N3O2S/c1-10(2)12-15-16-13(20-8-11(18)19)17(12)9-14(3)6-4-5-7-14/h10H,4-9H2,1-3H3,(H,18,19). The Kier molecular flexibility index (Phi) is 4.73. The summed E-state index contributed by atoms with van der Waals surface area (Å²) in [6.45, 7) is 7.41. The molecule has 0 spiro atoms. The van der Waals surface area contributed by atoms with Crippen LogP contribution in [0.3, 0.4) is 0 Å². The molecule has 1 aromatic heterocycles. The molecule has 0 amide bonds. The maximum Gasteiger partial charge on any atom is 0.313 e. The van der Waals surface area contributed by atoms with E-state index in [1.54, 1.807) is 0 Å². The van der Waals surface area contributed by atoms with Crippen molar-refractivity contribution in [1.29, 1.82) is 0 Å². The lowest BCUT2D eigenvalue weighted by molar-refractivity contribution is -0.133. The van der Waals surface area contributed by atoms with Crippen molar-refractivity contribution in [2.75, 3.05) is 5.75 Å². The van der Waals surface area contributed by atoms with Crippen molar-refractivity contribution < 1.29 is 9.90 Å². The minimum Gasteiger partial charge on any atom is -0.481 e. The maximum absolute atomic E-state index is 10.8. The predicted octanol–water partition coefficient (Wildman–Crippen LogP) is 3.16. The van der Waals surface area contributed by atoms with E-state index in [2.05, 4.69) is 35.5 Å². The molecular formula is C14H23N3O2S. The molecule has 0 unspecified atom stereocenters. The van der Waals surface area contributed by atoms with Crippen molar-refractivity contribution in [2.24, 2.45) is 5.41 Å². The van der Waals surface area contributed by atoms with E-state index in [1.807, 2.05) is 0 Å². The summed E-state index contributed by atoms with van der Waals surface area (Å²) >= 11 is 1.27. The number of nitrogens with zero attached hydrogens (tertiary/aromatic N) is 3. The second-order valence-corrected chi connectivity index (χ2v) is 7.22. The Morgan fingerprint density at radius 3 is 2.60 bits per heavy atom. The first-order chi connectivity index (χ1) is 9.41. The number of aromatic nitrogens is 3. The summed E-state index contributed by atoms with van der Waals surface area (Å²) in [6, 6.07) is 0. The molecule has 0 saturated heterocycles. The highest BCUT2D eigenvalue weighted by atomic mass is 32.2. The van der Waals surface area contributed by atoms with E-state index in [-0.39, 0.29) is 5.75 Å². The van der Waals surface area contributed by atoms with Gasteiger partial charge in [0.2, 0.25) is 0 Å². The van der Waals surface area contributed by atoms with Crippen LogP contribution < -0.4 is 0 Å². The van der Waals surface area contributed by atoms with Gasteiger partial charge in [-0.3, -0.25) is 4.79 Å². The first kappa shape index (κ1) is 15.4. The molecule has 1 saturated carbocycles. The van der Waals surface area contributed by atoms with Gasteiger partial charge in [-0.1, -0.05) is 45.4 Å². The molecule has 5 nitrogen and oxygen atoms in total. The van der Waals surface area contributed by atoms with Crippen LogP contribution in [0.25, 0.3) is 0 Å². The lowest BCUT2D eigenvalue weighted by Gasteiger charge is -2.26. The summed E-state index contributed by atoms with van der Waals surface area (Å²) in [5, 5.41) is 18.0. The lowest BCUT2D eigenvalue weighted by Crippen LogP contribution is -2.22. The molecule has 1 aliphatic carbocycles. The van der Waals surface area contributed by atoms with Crippen LogP contribution in [0.2, 0.25) is 0 Å². The summed E-state index contributed by atoms with van der Waals surface area (Å²) in [5.74, 6) is 0.479. The fraction of sp³-hybridized carbons (Fsp3) is 0.786. The van der Waals surface area contributed by atoms with Gasteiger partial charge in [0.1, 0.15) is 5.82 Å². The van der Waals surface area contributed by atoms with Crippen molar-refractivity contribution in [2.45, 2.75) is 64.1 Å². The summed E-state index contributed by atoms with van der Waals surface area (Å²) in [4.78, 5) is 10.8. The van der Waals surface area contributed by atoms with Gasteiger partial charge in [-0.15, -0.1) is 10.2 Å². The molecule has 1 aliphatic rings. The van der Waals surface area contributed by atoms with Crippen LogP contribution in [0.5, 0.6) is 0 Å². The Morgan fingerprint density at radius 1 is 1.40 bits per heavy atom. The SMILES string of the molecule is CC(C)c1nnc(SCC(=O)O)n1CC1(C)CCCC1. The lowest BCUT2D eigenvalue weighted by atomic mass is 9.88. The summed E-state index contributed by atoms with van der Waals surface area (Å²) in [5.41, 5.74) is 0.296. The van der Waals surface area contributed by atoms with Crippen LogP contribution >= 0.6 is 11.8 Å². The van der Waals surface area contributed by atoms with Gasteiger partial charge in [-0.2, -0.15) is 0 Å². The van der Waals surface area contributed by atoms with E-state index in [1.165, 1.54) is 37.4 Å². The van der Waals surface area contributed by atoms with Crippen molar-refractivity contribution in [3.63, 3.8) is 0 Å². The molecule has 6 heteroatoms. The quantitative estimate of drug-likeness (QED) is 0.817. The van der Waals surface area contributed by atoms with Gasteiger partial charge in [0.25, 0.3) is 0 Å². The molecule has 1 fully saturated rings. The zero-order valence-electron chi connectivity index (χ0n) is 12.4. The zero-order chi connectivity index (χ0) is 14.8. The van der Waals surface area contributed by atoms with Gasteiger partial charge < -0.3 is 9.67 Å². The normalized spacial score (nSPS) is 17.8. The first-order valence-corrected chi connectivity index (χ1v) is 8.17. The molecule has 2 rings (SSSR count). The van der Waals surface area contributed by atoms with Crippen LogP contribution in [-0.4, -0.2) is 31.6 Å². The number of hydrogen-bond acceptors (Lipinski definition) is 4. The molecule has 0 aliphatic heterocycles. The Hall–Kier alpha value is -1.04. The largest absolute Gasteiger partial charge is 0.481 e. The number of carboxylic acid groups (broad SMARTS) is 1. The third kappa shape index (κ3) is 3.53. The molecule has 0 bridgehead atoms. The molecule has 1 heterocycles. The molecule has 0 aromatic carbocycles. The Labute approximate surface area is 124 Å². The van der Waals surface area contributed by atoms with E-state index in [4.69, 9.17) is 5.11 Å². The molecule has 0 radical (unpaired) electrons. The van der Waals surface area contributed by atoms with Crippen LogP contribution in [0.4, 0.5) is 0 Å². The monoisotopic (exact) mass is 297 g/mol. The van der Waals surface area contributed by atoms with Crippen molar-refractivity contribution >= 4 is 17.7 Å². The van der Waals surface area contributed by atoms with Crippen molar-refractivity contribution in [3.05, 3.63) is 5.82 Å². The van der Waals surface area contributed by atoms with Gasteiger partial charge in [0.05, 0.1) is 5.75 Å². The fourth-order valence-electron chi connectivity index (χ4n) is 2.88. The number of hydrogen-bond donors (Lipinski definition) is 1. The Morgan fingerprint density at radius 2 is 2.05 bits per heavy atom. The highest BCUT2D eigenvalue weighted by Crippen LogP contribution is 2.40. The van der Waals surface area contributed by atoms with Gasteiger partial charge in [-0.25, -0.2) is 0 Å². The van der Waals surface area contributed by atoms with Crippen LogP contribution in [0.15, 0.2) is 5.16 Å². The van der Waals surface area contributed by atoms with Gasteiger partial charge in [0.15, 0.2) is 5.16 Å². The van der Waals surface area contributed by atoms with Crippen molar-refractivity contribution in [3.8, 4) is 0 Å². The first-order valence-electron chi connectivity index (χ1n) is 7.19. The molecule has 1 aromatic rings. The van der Waals surface area contributed by atoms with Crippen LogP contribution in [-0.2, 0) is 11.3 Å². The van der Waals surface area contributed by atoms with E-state index < -0.39 is 5.97 Å². The average molecular weight is 297 g/mol. The second kappa shape index (κ2) is 6.16. The molecule has 1 N–H and O–H groups in total. The van der Waals surface area contributed by atoms with Gasteiger partial charge in [0, 0.05) is 12.5 Å². The number of aliphatic carboxylic acids is 1. The summed E-state index contributed by atoms with van der Waals surface area (Å²) in [7, 11) is 0. The van der Waals surface area contributed by atoms with E-state index in [0.29, 0.717) is 11.3 Å². The number of carboxylic acids is 1. The number of carbonyl (C=O) groups is 1. The fourth-order valence-corrected chi connectivity index (χ4v) is 3.54. The van der Waals surface area contributed by atoms with Crippen molar-refractivity contribution in [1.82, 2.24) is 14.8 Å². The zero-order valence-corrected chi connectivity index (χ0v) is 13.2. The van der Waals surface area contributed by atoms with Gasteiger partial charge >= 0.3 is 5.97 Å². The predicted molar refractivity (Wildman–Crippen MR) is 79.0 cm³/mol. The van der Waals surface area contributed by atoms with E-state index >= 15 is 0 Å². The van der Waals surface area contributed by atoms with Crippen LogP contribution in [0, 0.1) is 5.41 Å². The minimum atomic E-state index is -0.817. The topological polar surface area (TPSA) is 68.0 Å².